The van der Waals surface area contributed by atoms with E-state index in [2.05, 4.69) is 25.3 Å². The van der Waals surface area contributed by atoms with Crippen LogP contribution in [0.1, 0.15) is 22.6 Å². The summed E-state index contributed by atoms with van der Waals surface area (Å²) in [6.07, 6.45) is -0.338. The highest BCUT2D eigenvalue weighted by atomic mass is 35.5. The molecule has 12 heteroatoms. The zero-order valence-electron chi connectivity index (χ0n) is 18.5. The van der Waals surface area contributed by atoms with Crippen molar-refractivity contribution in [2.75, 3.05) is 11.5 Å². The molecule has 0 atom stereocenters. The van der Waals surface area contributed by atoms with Gasteiger partial charge in [0.15, 0.2) is 11.6 Å². The molecule has 5 aromatic rings. The Labute approximate surface area is 201 Å². The van der Waals surface area contributed by atoms with E-state index >= 15 is 0 Å². The van der Waals surface area contributed by atoms with Gasteiger partial charge in [-0.3, -0.25) is 5.10 Å². The number of nitrogens with two attached hydrogens (primary N) is 2. The van der Waals surface area contributed by atoms with Crippen LogP contribution in [0.15, 0.2) is 30.3 Å². The van der Waals surface area contributed by atoms with Crippen LogP contribution >= 0.6 is 11.6 Å². The first-order chi connectivity index (χ1) is 16.7. The van der Waals surface area contributed by atoms with E-state index in [1.54, 1.807) is 25.1 Å². The molecule has 0 aliphatic rings. The van der Waals surface area contributed by atoms with Crippen molar-refractivity contribution in [2.24, 2.45) is 0 Å². The number of halogens is 4. The second-order valence-corrected chi connectivity index (χ2v) is 8.43. The Morgan fingerprint density at radius 3 is 2.31 bits per heavy atom. The molecule has 2 aromatic carbocycles. The Morgan fingerprint density at radius 2 is 1.66 bits per heavy atom. The minimum atomic E-state index is -1.28. The summed E-state index contributed by atoms with van der Waals surface area (Å²) >= 11 is 6.17. The predicted octanol–water partition coefficient (Wildman–Crippen LogP) is 4.65. The smallest absolute Gasteiger partial charge is 0.255 e. The molecule has 0 unspecified atom stereocenters. The second kappa shape index (κ2) is 8.27. The standard InChI is InChI=1S/C23H18ClF3N8/c1-9-18(10(2)33-32-9)19-21(28)30-23(31-22(19)29)35-17-6-3-11(24)7-13(17)16(34-35)8-12-14(25)4-5-15(26)20(12)27/h3-7H,8H2,1-2H3,(H,32,33)(H4,28,29,30,31). The molecule has 3 aromatic heterocycles. The van der Waals surface area contributed by atoms with Crippen molar-refractivity contribution in [3.63, 3.8) is 0 Å². The molecule has 8 nitrogen and oxygen atoms in total. The van der Waals surface area contributed by atoms with Crippen molar-refractivity contribution >= 4 is 34.1 Å². The van der Waals surface area contributed by atoms with Gasteiger partial charge in [0.05, 0.1) is 22.5 Å². The number of anilines is 2. The van der Waals surface area contributed by atoms with Gasteiger partial charge in [-0.2, -0.15) is 24.8 Å². The number of rotatable bonds is 4. The zero-order valence-corrected chi connectivity index (χ0v) is 19.3. The SMILES string of the molecule is Cc1n[nH]c(C)c1-c1c(N)nc(-n2nc(Cc3c(F)ccc(F)c3F)c3cc(Cl)ccc32)nc1N. The molecule has 178 valence electrons. The maximum Gasteiger partial charge on any atom is 0.255 e. The molecule has 0 spiro atoms. The van der Waals surface area contributed by atoms with Gasteiger partial charge in [-0.05, 0) is 44.2 Å². The molecule has 0 aliphatic carbocycles. The number of nitrogen functional groups attached to an aromatic ring is 2. The Morgan fingerprint density at radius 1 is 0.971 bits per heavy atom. The highest BCUT2D eigenvalue weighted by Crippen LogP contribution is 2.35. The van der Waals surface area contributed by atoms with Gasteiger partial charge in [-0.15, -0.1) is 0 Å². The summed E-state index contributed by atoms with van der Waals surface area (Å²) in [6, 6.07) is 6.45. The molecule has 0 amide bonds. The molecular formula is C23H18ClF3N8. The summed E-state index contributed by atoms with van der Waals surface area (Å²) in [6.45, 7) is 3.62. The fraction of sp³-hybridized carbons (Fsp3) is 0.130. The van der Waals surface area contributed by atoms with Crippen LogP contribution in [0.4, 0.5) is 24.8 Å². The van der Waals surface area contributed by atoms with E-state index in [-0.39, 0.29) is 29.7 Å². The molecule has 35 heavy (non-hydrogen) atoms. The molecule has 0 saturated heterocycles. The zero-order chi connectivity index (χ0) is 25.0. The molecule has 0 saturated carbocycles. The maximum absolute atomic E-state index is 14.4. The lowest BCUT2D eigenvalue weighted by Gasteiger charge is -2.11. The number of fused-ring (bicyclic) bond motifs is 1. The van der Waals surface area contributed by atoms with Crippen molar-refractivity contribution in [1.29, 1.82) is 0 Å². The van der Waals surface area contributed by atoms with Crippen LogP contribution in [0.5, 0.6) is 0 Å². The third kappa shape index (κ3) is 3.73. The molecule has 0 radical (unpaired) electrons. The average molecular weight is 499 g/mol. The van der Waals surface area contributed by atoms with Crippen LogP contribution in [0.3, 0.4) is 0 Å². The summed E-state index contributed by atoms with van der Waals surface area (Å²) in [5, 5.41) is 12.3. The van der Waals surface area contributed by atoms with Crippen molar-refractivity contribution in [3.8, 4) is 17.1 Å². The minimum absolute atomic E-state index is 0.0429. The third-order valence-corrected chi connectivity index (χ3v) is 5.96. The average Bonchev–Trinajstić information content (AvgIpc) is 3.33. The van der Waals surface area contributed by atoms with Crippen molar-refractivity contribution < 1.29 is 13.2 Å². The molecule has 0 bridgehead atoms. The van der Waals surface area contributed by atoms with Crippen molar-refractivity contribution in [2.45, 2.75) is 20.3 Å². The maximum atomic E-state index is 14.4. The largest absolute Gasteiger partial charge is 0.383 e. The van der Waals surface area contributed by atoms with Gasteiger partial charge >= 0.3 is 0 Å². The molecule has 5 N–H and O–H groups in total. The number of aryl methyl sites for hydroxylation is 2. The topological polar surface area (TPSA) is 124 Å². The van der Waals surface area contributed by atoms with Crippen LogP contribution in [0.2, 0.25) is 5.02 Å². The van der Waals surface area contributed by atoms with Gasteiger partial charge < -0.3 is 11.5 Å². The Kier molecular flexibility index (Phi) is 5.36. The lowest BCUT2D eigenvalue weighted by Crippen LogP contribution is -2.10. The Balaban J connectivity index is 1.68. The number of hydrogen-bond acceptors (Lipinski definition) is 6. The van der Waals surface area contributed by atoms with E-state index in [4.69, 9.17) is 23.1 Å². The van der Waals surface area contributed by atoms with E-state index in [0.29, 0.717) is 32.7 Å². The first-order valence-electron chi connectivity index (χ1n) is 10.4. The fourth-order valence-corrected chi connectivity index (χ4v) is 4.26. The van der Waals surface area contributed by atoms with Gasteiger partial charge in [0, 0.05) is 33.7 Å². The van der Waals surface area contributed by atoms with Crippen LogP contribution in [0, 0.1) is 31.3 Å². The number of aromatic nitrogens is 6. The number of hydrogen-bond donors (Lipinski definition) is 3. The van der Waals surface area contributed by atoms with Gasteiger partial charge in [-0.25, -0.2) is 13.2 Å². The van der Waals surface area contributed by atoms with Crippen LogP contribution in [-0.2, 0) is 6.42 Å². The molecule has 5 rings (SSSR count). The first kappa shape index (κ1) is 22.7. The minimum Gasteiger partial charge on any atom is -0.383 e. The van der Waals surface area contributed by atoms with Gasteiger partial charge in [0.1, 0.15) is 17.5 Å². The van der Waals surface area contributed by atoms with E-state index in [0.717, 1.165) is 17.8 Å². The third-order valence-electron chi connectivity index (χ3n) is 5.72. The van der Waals surface area contributed by atoms with Crippen LogP contribution < -0.4 is 11.5 Å². The summed E-state index contributed by atoms with van der Waals surface area (Å²) in [7, 11) is 0. The van der Waals surface area contributed by atoms with E-state index < -0.39 is 23.0 Å². The lowest BCUT2D eigenvalue weighted by atomic mass is 10.1. The lowest BCUT2D eigenvalue weighted by molar-refractivity contribution is 0.482. The summed E-state index contributed by atoms with van der Waals surface area (Å²) in [5.74, 6) is -3.10. The second-order valence-electron chi connectivity index (χ2n) is 8.00. The number of nitrogens with one attached hydrogen (secondary N) is 1. The van der Waals surface area contributed by atoms with Gasteiger partial charge in [0.2, 0.25) is 0 Å². The number of H-pyrrole nitrogens is 1. The van der Waals surface area contributed by atoms with Gasteiger partial charge in [-0.1, -0.05) is 11.6 Å². The van der Waals surface area contributed by atoms with E-state index in [9.17, 15) is 13.2 Å². The van der Waals surface area contributed by atoms with E-state index in [1.165, 1.54) is 4.68 Å². The Hall–Kier alpha value is -4.12. The molecule has 0 fully saturated rings. The number of benzene rings is 2. The van der Waals surface area contributed by atoms with Crippen molar-refractivity contribution in [1.82, 2.24) is 29.9 Å². The Bertz CT molecular complexity index is 1580. The molecule has 0 aliphatic heterocycles. The highest BCUT2D eigenvalue weighted by Gasteiger charge is 2.23. The predicted molar refractivity (Wildman–Crippen MR) is 127 cm³/mol. The fourth-order valence-electron chi connectivity index (χ4n) is 4.09. The summed E-state index contributed by atoms with van der Waals surface area (Å²) in [5.41, 5.74) is 15.4. The number of aromatic amines is 1. The normalized spacial score (nSPS) is 11.5. The molecular weight excluding hydrogens is 481 g/mol. The van der Waals surface area contributed by atoms with Crippen LogP contribution in [0.25, 0.3) is 28.0 Å². The van der Waals surface area contributed by atoms with Crippen molar-refractivity contribution in [3.05, 3.63) is 75.5 Å². The quantitative estimate of drug-likeness (QED) is 0.310. The van der Waals surface area contributed by atoms with E-state index in [1.807, 2.05) is 6.92 Å². The first-order valence-corrected chi connectivity index (χ1v) is 10.8. The number of nitrogens with zero attached hydrogens (tertiary/aromatic N) is 5. The van der Waals surface area contributed by atoms with Gasteiger partial charge in [0.25, 0.3) is 5.95 Å². The summed E-state index contributed by atoms with van der Waals surface area (Å²) < 4.78 is 43.8. The monoisotopic (exact) mass is 498 g/mol. The summed E-state index contributed by atoms with van der Waals surface area (Å²) in [4.78, 5) is 8.78. The highest BCUT2D eigenvalue weighted by molar-refractivity contribution is 6.31. The van der Waals surface area contributed by atoms with Crippen LogP contribution in [-0.4, -0.2) is 29.9 Å². The molecule has 3 heterocycles.